The highest BCUT2D eigenvalue weighted by Crippen LogP contribution is 2.32. The summed E-state index contributed by atoms with van der Waals surface area (Å²) in [7, 11) is 1.65. The first-order chi connectivity index (χ1) is 14.0. The van der Waals surface area contributed by atoms with Gasteiger partial charge in [-0.3, -0.25) is 4.79 Å². The summed E-state index contributed by atoms with van der Waals surface area (Å²) in [6, 6.07) is 12.1. The third-order valence-electron chi connectivity index (χ3n) is 5.56. The van der Waals surface area contributed by atoms with Crippen LogP contribution in [0.25, 0.3) is 10.2 Å². The van der Waals surface area contributed by atoms with Crippen molar-refractivity contribution in [3.63, 3.8) is 0 Å². The summed E-state index contributed by atoms with van der Waals surface area (Å²) in [5, 5.41) is 0.688. The lowest BCUT2D eigenvalue weighted by Crippen LogP contribution is -2.42. The summed E-state index contributed by atoms with van der Waals surface area (Å²) in [6.45, 7) is 5.64. The Balaban J connectivity index is 1.32. The van der Waals surface area contributed by atoms with E-state index in [0.29, 0.717) is 11.6 Å². The maximum Gasteiger partial charge on any atom is 0.274 e. The number of carbonyl (C=O) groups excluding carboxylic acids is 1. The number of methoxy groups -OCH3 is 1. The molecule has 0 saturated carbocycles. The highest BCUT2D eigenvalue weighted by Gasteiger charge is 2.25. The molecule has 0 spiro atoms. The molecule has 6 heteroatoms. The number of amides is 1. The minimum atomic E-state index is 0.100. The predicted octanol–water partition coefficient (Wildman–Crippen LogP) is 4.53. The molecule has 1 saturated heterocycles. The molecule has 0 bridgehead atoms. The zero-order valence-corrected chi connectivity index (χ0v) is 17.9. The molecule has 0 radical (unpaired) electrons. The number of aromatic nitrogens is 1. The normalized spacial score (nSPS) is 14.9. The summed E-state index contributed by atoms with van der Waals surface area (Å²) >= 11 is 1.55. The molecule has 1 aliphatic rings. The van der Waals surface area contributed by atoms with E-state index in [0.717, 1.165) is 47.5 Å². The first kappa shape index (κ1) is 19.7. The van der Waals surface area contributed by atoms with Crippen LogP contribution < -0.4 is 9.47 Å². The lowest BCUT2D eigenvalue weighted by Gasteiger charge is -2.31. The van der Waals surface area contributed by atoms with Crippen LogP contribution in [0.4, 0.5) is 0 Å². The molecule has 29 heavy (non-hydrogen) atoms. The Kier molecular flexibility index (Phi) is 5.72. The average molecular weight is 411 g/mol. The molecule has 0 aliphatic carbocycles. The number of ether oxygens (including phenoxy) is 2. The summed E-state index contributed by atoms with van der Waals surface area (Å²) in [5.74, 6) is 0.990. The number of carbonyl (C=O) groups is 1. The Hall–Kier alpha value is -2.60. The standard InChI is InChI=1S/C23H26N2O3S/c1-15-4-5-17(12-16(15)2)13-22(26)25-10-8-18(9-11-25)28-23-24-20-14-19(27-3)6-7-21(20)29-23/h4-7,12,14,18H,8-11,13H2,1-3H3. The summed E-state index contributed by atoms with van der Waals surface area (Å²) in [6.07, 6.45) is 2.23. The highest BCUT2D eigenvalue weighted by atomic mass is 32.1. The molecule has 3 aromatic rings. The molecular weight excluding hydrogens is 384 g/mol. The lowest BCUT2D eigenvalue weighted by molar-refractivity contribution is -0.132. The van der Waals surface area contributed by atoms with Crippen molar-refractivity contribution in [3.05, 3.63) is 53.1 Å². The lowest BCUT2D eigenvalue weighted by atomic mass is 10.0. The summed E-state index contributed by atoms with van der Waals surface area (Å²) in [4.78, 5) is 19.2. The maximum atomic E-state index is 12.7. The molecule has 4 rings (SSSR count). The SMILES string of the molecule is COc1ccc2sc(OC3CCN(C(=O)Cc4ccc(C)c(C)c4)CC3)nc2c1. The first-order valence-corrected chi connectivity index (χ1v) is 10.8. The van der Waals surface area contributed by atoms with Crippen LogP contribution in [0.15, 0.2) is 36.4 Å². The van der Waals surface area contributed by atoms with Gasteiger partial charge in [-0.2, -0.15) is 0 Å². The molecule has 2 heterocycles. The second-order valence-electron chi connectivity index (χ2n) is 7.61. The minimum absolute atomic E-state index is 0.100. The van der Waals surface area contributed by atoms with Crippen LogP contribution in [0.3, 0.4) is 0 Å². The van der Waals surface area contributed by atoms with Crippen LogP contribution in [-0.4, -0.2) is 42.1 Å². The van der Waals surface area contributed by atoms with E-state index in [2.05, 4.69) is 37.0 Å². The number of hydrogen-bond acceptors (Lipinski definition) is 5. The van der Waals surface area contributed by atoms with Crippen molar-refractivity contribution in [3.8, 4) is 10.9 Å². The van der Waals surface area contributed by atoms with Crippen molar-refractivity contribution in [2.75, 3.05) is 20.2 Å². The second-order valence-corrected chi connectivity index (χ2v) is 8.60. The van der Waals surface area contributed by atoms with Crippen LogP contribution in [0, 0.1) is 13.8 Å². The topological polar surface area (TPSA) is 51.7 Å². The predicted molar refractivity (Wildman–Crippen MR) is 116 cm³/mol. The Bertz CT molecular complexity index is 1020. The fraction of sp³-hybridized carbons (Fsp3) is 0.391. The van der Waals surface area contributed by atoms with E-state index < -0.39 is 0 Å². The first-order valence-electron chi connectivity index (χ1n) is 9.97. The van der Waals surface area contributed by atoms with E-state index >= 15 is 0 Å². The van der Waals surface area contributed by atoms with Crippen LogP contribution >= 0.6 is 11.3 Å². The molecule has 1 aliphatic heterocycles. The van der Waals surface area contributed by atoms with E-state index in [1.807, 2.05) is 23.1 Å². The third-order valence-corrected chi connectivity index (χ3v) is 6.49. The van der Waals surface area contributed by atoms with Gasteiger partial charge in [-0.25, -0.2) is 4.98 Å². The number of fused-ring (bicyclic) bond motifs is 1. The van der Waals surface area contributed by atoms with E-state index in [4.69, 9.17) is 9.47 Å². The monoisotopic (exact) mass is 410 g/mol. The molecule has 1 aromatic heterocycles. The van der Waals surface area contributed by atoms with Gasteiger partial charge in [0.15, 0.2) is 0 Å². The number of nitrogens with zero attached hydrogens (tertiary/aromatic N) is 2. The van der Waals surface area contributed by atoms with Gasteiger partial charge in [-0.1, -0.05) is 29.5 Å². The van der Waals surface area contributed by atoms with Crippen molar-refractivity contribution in [2.45, 2.75) is 39.2 Å². The Labute approximate surface area is 175 Å². The van der Waals surface area contributed by atoms with E-state index in [-0.39, 0.29) is 12.0 Å². The van der Waals surface area contributed by atoms with Gasteiger partial charge in [-0.15, -0.1) is 0 Å². The van der Waals surface area contributed by atoms with Crippen LogP contribution in [0.2, 0.25) is 0 Å². The molecule has 2 aromatic carbocycles. The number of hydrogen-bond donors (Lipinski definition) is 0. The van der Waals surface area contributed by atoms with Gasteiger partial charge < -0.3 is 14.4 Å². The molecular formula is C23H26N2O3S. The number of thiazole rings is 1. The quantitative estimate of drug-likeness (QED) is 0.620. The fourth-order valence-corrected chi connectivity index (χ4v) is 4.49. The molecule has 1 amide bonds. The van der Waals surface area contributed by atoms with Crippen molar-refractivity contribution >= 4 is 27.5 Å². The van der Waals surface area contributed by atoms with Gasteiger partial charge in [0.2, 0.25) is 5.91 Å². The van der Waals surface area contributed by atoms with Gasteiger partial charge >= 0.3 is 0 Å². The van der Waals surface area contributed by atoms with E-state index in [1.54, 1.807) is 18.4 Å². The number of likely N-dealkylation sites (tertiary alicyclic amines) is 1. The van der Waals surface area contributed by atoms with Crippen LogP contribution in [0.1, 0.15) is 29.5 Å². The van der Waals surface area contributed by atoms with Crippen molar-refractivity contribution in [2.24, 2.45) is 0 Å². The summed E-state index contributed by atoms with van der Waals surface area (Å²) in [5.41, 5.74) is 4.47. The Morgan fingerprint density at radius 2 is 1.93 bits per heavy atom. The maximum absolute atomic E-state index is 12.7. The second kappa shape index (κ2) is 8.41. The Morgan fingerprint density at radius 1 is 1.14 bits per heavy atom. The van der Waals surface area contributed by atoms with Gasteiger partial charge in [0.25, 0.3) is 5.19 Å². The molecule has 0 N–H and O–H groups in total. The number of aryl methyl sites for hydroxylation is 2. The number of rotatable bonds is 5. The average Bonchev–Trinajstić information content (AvgIpc) is 3.12. The number of benzene rings is 2. The molecule has 0 atom stereocenters. The van der Waals surface area contributed by atoms with Gasteiger partial charge in [0.1, 0.15) is 11.9 Å². The molecule has 0 unspecified atom stereocenters. The van der Waals surface area contributed by atoms with Crippen molar-refractivity contribution in [1.29, 1.82) is 0 Å². The third kappa shape index (κ3) is 4.53. The highest BCUT2D eigenvalue weighted by molar-refractivity contribution is 7.20. The van der Waals surface area contributed by atoms with E-state index in [9.17, 15) is 4.79 Å². The van der Waals surface area contributed by atoms with Crippen molar-refractivity contribution in [1.82, 2.24) is 9.88 Å². The largest absolute Gasteiger partial charge is 0.497 e. The smallest absolute Gasteiger partial charge is 0.274 e. The van der Waals surface area contributed by atoms with Crippen LogP contribution in [-0.2, 0) is 11.2 Å². The summed E-state index contributed by atoms with van der Waals surface area (Å²) < 4.78 is 12.5. The molecule has 1 fully saturated rings. The molecule has 5 nitrogen and oxygen atoms in total. The van der Waals surface area contributed by atoms with Gasteiger partial charge in [0, 0.05) is 32.0 Å². The van der Waals surface area contributed by atoms with Crippen LogP contribution in [0.5, 0.6) is 10.9 Å². The zero-order chi connectivity index (χ0) is 20.4. The zero-order valence-electron chi connectivity index (χ0n) is 17.1. The fourth-order valence-electron chi connectivity index (χ4n) is 3.63. The van der Waals surface area contributed by atoms with E-state index in [1.165, 1.54) is 11.1 Å². The number of piperidine rings is 1. The van der Waals surface area contributed by atoms with Crippen molar-refractivity contribution < 1.29 is 14.3 Å². The van der Waals surface area contributed by atoms with Gasteiger partial charge in [-0.05, 0) is 42.7 Å². The minimum Gasteiger partial charge on any atom is -0.497 e. The van der Waals surface area contributed by atoms with Gasteiger partial charge in [0.05, 0.1) is 23.7 Å². The Morgan fingerprint density at radius 3 is 2.66 bits per heavy atom. The molecule has 152 valence electrons.